The molecule has 2 N–H and O–H groups in total. The van der Waals surface area contributed by atoms with Gasteiger partial charge < -0.3 is 29.2 Å². The molecule has 147 heavy (non-hydrogen) atoms. The molecule has 19 heteroatoms. The number of allylic oxidation sites excluding steroid dienone is 4. The van der Waals surface area contributed by atoms with Gasteiger partial charge in [-0.1, -0.05) is 251 Å². The number of hydrogen-bond donors (Lipinski definition) is 2. The van der Waals surface area contributed by atoms with Gasteiger partial charge in [0.2, 0.25) is 11.8 Å². The molecule has 14 aromatic carbocycles. The van der Waals surface area contributed by atoms with E-state index in [1.165, 1.54) is 128 Å². The Balaban J connectivity index is 0.000000159. The molecule has 0 saturated heterocycles. The van der Waals surface area contributed by atoms with E-state index in [-0.39, 0.29) is 130 Å². The average molecular weight is 2810 g/mol. The Morgan fingerprint density at radius 2 is 0.810 bits per heavy atom. The predicted octanol–water partition coefficient (Wildman–Crippen LogP) is 30.5. The smallest absolute Gasteiger partial charge is 0.512 e. The van der Waals surface area contributed by atoms with E-state index in [1.54, 1.807) is 6.20 Å². The first kappa shape index (κ1) is 111. The second-order valence-corrected chi connectivity index (χ2v) is 35.4. The molecule has 22 aromatic rings. The molecule has 8 heterocycles. The number of pyridine rings is 6. The van der Waals surface area contributed by atoms with Gasteiger partial charge in [-0.15, -0.1) is 206 Å². The van der Waals surface area contributed by atoms with Crippen molar-refractivity contribution in [1.82, 2.24) is 44.7 Å². The van der Waals surface area contributed by atoms with E-state index in [4.69, 9.17) is 34.6 Å². The molecule has 1 aliphatic carbocycles. The number of ketones is 2. The van der Waals surface area contributed by atoms with E-state index in [2.05, 4.69) is 370 Å². The molecular weight excluding hydrogens is 2710 g/mol. The first-order valence-electron chi connectivity index (χ1n) is 46.8. The summed E-state index contributed by atoms with van der Waals surface area (Å²) in [4.78, 5) is 49.0. The molecule has 8 aromatic heterocycles. The van der Waals surface area contributed by atoms with Gasteiger partial charge in [0.05, 0.1) is 45.0 Å². The second kappa shape index (κ2) is 51.9. The molecule has 0 unspecified atom stereocenters. The molecule has 0 atom stereocenters. The monoisotopic (exact) mass is 2810 g/mol. The normalized spacial score (nSPS) is 11.3. The number of carbonyl (C=O) groups excluding carboxylic acids is 2. The third-order valence-corrected chi connectivity index (χ3v) is 24.0. The standard InChI is InChI=1S/C35H22N2.C23H20N3O.C23H15N2.C20H14N.C17H14N.2C5H8O2.4Ir.Pt/c1-3-13-25(14-4-1)31-21-11-23-33(36-31)35(34-24-12-22-32(37-34)26-15-5-2-6-16-26)29-19-9-7-17-27(29)28-18-8-10-20-30(28)35;1-23(2,3)19-12-10-16(11-13-19)21-25-26-22(27-21)18-8-6-7-17(15-18)20-9-4-5-14-24-20;1-3-13-22-19(10-1)20-11-2-4-14-23(20)25(22)18-9-7-8-17(16-18)21-12-5-6-15-24-21;1-14-13-20(21-19-12-5-4-9-16(14)19)18-11-6-8-15-7-2-3-10-17(15)18;1-12-4-3-5-15(10-12)16-9-8-14-7-6-13(2)11-17(14)18-16;2*1-4(6)3-5(2)7;;;;;/h1-13,15,17-24H;4-6,8-15H,1-3H3;1-7,9-16H;2-10,12-13H,1H3;3-4,6-11H,1-2H3;2*3,6H,1-2H3;;;;;/q-2;4*-1;;;;;;;+2. The molecule has 738 valence electrons. The van der Waals surface area contributed by atoms with Gasteiger partial charge in [0, 0.05) is 127 Å². The van der Waals surface area contributed by atoms with E-state index in [0.29, 0.717) is 11.8 Å². The van der Waals surface area contributed by atoms with Gasteiger partial charge in [-0.25, -0.2) is 0 Å². The second-order valence-electron chi connectivity index (χ2n) is 35.4. The van der Waals surface area contributed by atoms with Gasteiger partial charge in [-0.3, -0.25) is 29.5 Å². The van der Waals surface area contributed by atoms with Crippen molar-refractivity contribution in [1.29, 1.82) is 0 Å². The summed E-state index contributed by atoms with van der Waals surface area (Å²) in [5.74, 6) is 0.869. The van der Waals surface area contributed by atoms with Crippen LogP contribution in [0.3, 0.4) is 0 Å². The van der Waals surface area contributed by atoms with Crippen LogP contribution in [0.4, 0.5) is 0 Å². The summed E-state index contributed by atoms with van der Waals surface area (Å²) < 4.78 is 8.23. The summed E-state index contributed by atoms with van der Waals surface area (Å²) in [6.07, 6.45) is 5.91. The summed E-state index contributed by atoms with van der Waals surface area (Å²) in [7, 11) is 0. The van der Waals surface area contributed by atoms with Crippen LogP contribution >= 0.6 is 0 Å². The zero-order valence-corrected chi connectivity index (χ0v) is 94.0. The Morgan fingerprint density at radius 3 is 1.35 bits per heavy atom. The molecule has 0 bridgehead atoms. The fraction of sp³-hybridized carbons (Fsp3) is 0.0938. The Labute approximate surface area is 926 Å². The molecular formula is C128H101Ir4N9O5Pt-4. The van der Waals surface area contributed by atoms with Crippen LogP contribution in [-0.2, 0) is 122 Å². The fourth-order valence-electron chi connectivity index (χ4n) is 17.5. The van der Waals surface area contributed by atoms with Gasteiger partial charge in [-0.2, -0.15) is 0 Å². The van der Waals surface area contributed by atoms with Crippen molar-refractivity contribution in [3.8, 4) is 107 Å². The van der Waals surface area contributed by atoms with Crippen LogP contribution in [0.1, 0.15) is 93.2 Å². The van der Waals surface area contributed by atoms with Crippen molar-refractivity contribution >= 4 is 66.0 Å². The van der Waals surface area contributed by atoms with E-state index >= 15 is 0 Å². The molecule has 1 aliphatic rings. The number of hydrogen-bond acceptors (Lipinski definition) is 13. The molecule has 0 fully saturated rings. The first-order valence-corrected chi connectivity index (χ1v) is 46.8. The Morgan fingerprint density at radius 1 is 0.354 bits per heavy atom. The van der Waals surface area contributed by atoms with Crippen molar-refractivity contribution in [2.45, 2.75) is 80.1 Å². The number of para-hydroxylation sites is 3. The van der Waals surface area contributed by atoms with Gasteiger partial charge >= 0.3 is 21.1 Å². The number of aromatic nitrogens is 9. The van der Waals surface area contributed by atoms with Crippen molar-refractivity contribution < 1.29 is 126 Å². The number of carbonyl (C=O) groups is 2. The van der Waals surface area contributed by atoms with Crippen molar-refractivity contribution in [2.75, 3.05) is 0 Å². The number of aliphatic hydroxyl groups excluding tert-OH is 2. The van der Waals surface area contributed by atoms with Crippen molar-refractivity contribution in [3.05, 3.63) is 512 Å². The van der Waals surface area contributed by atoms with Crippen LogP contribution in [0, 0.1) is 57.2 Å². The summed E-state index contributed by atoms with van der Waals surface area (Å²) in [5.41, 5.74) is 30.0. The number of fused-ring (bicyclic) bond motifs is 9. The molecule has 0 spiro atoms. The summed E-state index contributed by atoms with van der Waals surface area (Å²) >= 11 is 0. The van der Waals surface area contributed by atoms with Crippen LogP contribution in [0.25, 0.3) is 162 Å². The van der Waals surface area contributed by atoms with E-state index in [9.17, 15) is 9.59 Å². The third kappa shape index (κ3) is 26.8. The SMILES string of the molecule is CC(=O)C=C(C)O.CC(=O)C=C(C)O.CC(C)(C)c1ccc(-c2nnc(-c3cc[c-]c(-c4ccccn4)c3)o2)cc1.Cc1cc(-c2[c-]ccc3ccccc23)nc2ccccc12.Cc1cc[c-]c(-c2ccc3ccc(C)cc3n2)c1.[Ir].[Ir].[Ir].[Ir].[Pt+2].[c-]1ccc(-n2c3ccccc3c3ccccc32)cc1-c1ccccn1.[c-]1ccccc1-c1cccc(C2(c3cccc(-c4[c-]cccc4)n3)c3ccccc3-c3ccccc32)n1. The Kier molecular flexibility index (Phi) is 39.3. The molecule has 23 rings (SSSR count). The predicted molar refractivity (Wildman–Crippen MR) is 575 cm³/mol. The van der Waals surface area contributed by atoms with Gasteiger partial charge in [0.1, 0.15) is 5.41 Å². The summed E-state index contributed by atoms with van der Waals surface area (Å²) in [6.45, 7) is 18.6. The molecule has 0 amide bonds. The third-order valence-electron chi connectivity index (χ3n) is 24.0. The average Bonchev–Trinajstić information content (AvgIpc) is 1.54. The Hall–Kier alpha value is -14.6. The number of rotatable bonds is 13. The Bertz CT molecular complexity index is 8100. The van der Waals surface area contributed by atoms with Crippen LogP contribution in [0.15, 0.2) is 435 Å². The topological polar surface area (TPSA) is 196 Å². The molecule has 4 radical (unpaired) electrons. The summed E-state index contributed by atoms with van der Waals surface area (Å²) in [6, 6.07) is 154. The minimum absolute atomic E-state index is 0. The quantitative estimate of drug-likeness (QED) is 0.0629. The minimum Gasteiger partial charge on any atom is -0.512 e. The maximum absolute atomic E-state index is 10.0. The number of aryl methyl sites for hydroxylation is 3. The molecule has 0 saturated carbocycles. The first-order chi connectivity index (χ1) is 69.1. The number of aliphatic hydroxyl groups is 2. The van der Waals surface area contributed by atoms with Gasteiger partial charge in [0.25, 0.3) is 0 Å². The molecule has 14 nitrogen and oxygen atoms in total. The number of nitrogens with zero attached hydrogens (tertiary/aromatic N) is 9. The van der Waals surface area contributed by atoms with E-state index < -0.39 is 5.41 Å². The zero-order chi connectivity index (χ0) is 98.6. The molecule has 0 aliphatic heterocycles. The fourth-order valence-corrected chi connectivity index (χ4v) is 17.5. The van der Waals surface area contributed by atoms with Gasteiger partial charge in [0.15, 0.2) is 11.6 Å². The zero-order valence-electron chi connectivity index (χ0n) is 82.1. The van der Waals surface area contributed by atoms with Crippen LogP contribution in [0.5, 0.6) is 0 Å². The van der Waals surface area contributed by atoms with Crippen molar-refractivity contribution in [2.24, 2.45) is 0 Å². The van der Waals surface area contributed by atoms with Crippen LogP contribution in [0.2, 0.25) is 0 Å². The largest absolute Gasteiger partial charge is 2.00 e. The van der Waals surface area contributed by atoms with E-state index in [0.717, 1.165) is 107 Å². The minimum atomic E-state index is -0.664. The van der Waals surface area contributed by atoms with Crippen LogP contribution < -0.4 is 0 Å². The summed E-state index contributed by atoms with van der Waals surface area (Å²) in [5, 5.41) is 32.5. The number of benzene rings is 14. The van der Waals surface area contributed by atoms with Crippen LogP contribution in [-0.4, -0.2) is 66.4 Å². The maximum atomic E-state index is 10.0. The van der Waals surface area contributed by atoms with Gasteiger partial charge in [-0.05, 0) is 197 Å². The van der Waals surface area contributed by atoms with E-state index in [1.807, 2.05) is 134 Å². The maximum Gasteiger partial charge on any atom is 2.00 e. The van der Waals surface area contributed by atoms with Crippen molar-refractivity contribution in [3.63, 3.8) is 0 Å².